The van der Waals surface area contributed by atoms with Gasteiger partial charge < -0.3 is 45.6 Å². The highest BCUT2D eigenvalue weighted by Gasteiger charge is 2.43. The molecule has 57 heavy (non-hydrogen) atoms. The molecule has 0 aliphatic carbocycles. The Balaban J connectivity index is 2.89. The van der Waals surface area contributed by atoms with Crippen LogP contribution in [0.15, 0.2) is 0 Å². The predicted octanol–water partition coefficient (Wildman–Crippen LogP) is 7.55. The summed E-state index contributed by atoms with van der Waals surface area (Å²) in [6.07, 6.45) is 22.2. The molecule has 0 spiro atoms. The molecule has 7 atom stereocenters. The molecule has 13 heteroatoms. The summed E-state index contributed by atoms with van der Waals surface area (Å²) in [6.45, 7) is 5.41. The van der Waals surface area contributed by atoms with Crippen LogP contribution in [0, 0.1) is 5.92 Å². The Hall–Kier alpha value is -2.32. The van der Waals surface area contributed by atoms with Gasteiger partial charge in [-0.15, -0.1) is 0 Å². The lowest BCUT2D eigenvalue weighted by atomic mass is 9.92. The molecule has 1 rings (SSSR count). The topological polar surface area (TPSA) is 212 Å². The van der Waals surface area contributed by atoms with Crippen LogP contribution in [0.3, 0.4) is 0 Å². The second kappa shape index (κ2) is 33.5. The third-order valence-electron chi connectivity index (χ3n) is 11.3. The van der Waals surface area contributed by atoms with Crippen molar-refractivity contribution in [2.45, 2.75) is 243 Å². The molecule has 0 saturated carbocycles. The van der Waals surface area contributed by atoms with Gasteiger partial charge in [-0.2, -0.15) is 0 Å². The van der Waals surface area contributed by atoms with Crippen molar-refractivity contribution in [1.29, 1.82) is 0 Å². The van der Waals surface area contributed by atoms with E-state index < -0.39 is 73.7 Å². The molecule has 0 bridgehead atoms. The van der Waals surface area contributed by atoms with Crippen LogP contribution in [0.25, 0.3) is 0 Å². The second-order valence-corrected chi connectivity index (χ2v) is 16.5. The molecule has 13 nitrogen and oxygen atoms in total. The Morgan fingerprint density at radius 1 is 0.544 bits per heavy atom. The first-order valence-corrected chi connectivity index (χ1v) is 22.8. The van der Waals surface area contributed by atoms with E-state index in [1.54, 1.807) is 0 Å². The van der Waals surface area contributed by atoms with E-state index in [0.717, 1.165) is 51.4 Å². The lowest BCUT2D eigenvalue weighted by Gasteiger charge is -2.39. The van der Waals surface area contributed by atoms with Crippen molar-refractivity contribution in [3.8, 4) is 0 Å². The minimum atomic E-state index is -1.65. The summed E-state index contributed by atoms with van der Waals surface area (Å²) < 4.78 is 11.2. The summed E-state index contributed by atoms with van der Waals surface area (Å²) in [5.74, 6) is -4.29. The van der Waals surface area contributed by atoms with Gasteiger partial charge in [-0.1, -0.05) is 168 Å². The predicted molar refractivity (Wildman–Crippen MR) is 222 cm³/mol. The summed E-state index contributed by atoms with van der Waals surface area (Å²) in [5, 5.41) is 54.7. The van der Waals surface area contributed by atoms with E-state index in [0.29, 0.717) is 12.8 Å². The highest BCUT2D eigenvalue weighted by Crippen LogP contribution is 2.23. The van der Waals surface area contributed by atoms with Crippen molar-refractivity contribution < 1.29 is 54.2 Å². The number of carboxylic acids is 2. The van der Waals surface area contributed by atoms with E-state index >= 15 is 0 Å². The van der Waals surface area contributed by atoms with Gasteiger partial charge in [-0.3, -0.25) is 14.4 Å². The van der Waals surface area contributed by atoms with Gasteiger partial charge in [-0.25, -0.2) is 4.79 Å². The number of hydrogen-bond donors (Lipinski definition) is 7. The van der Waals surface area contributed by atoms with E-state index in [1.165, 1.54) is 110 Å². The first kappa shape index (κ1) is 52.7. The van der Waals surface area contributed by atoms with E-state index in [1.807, 2.05) is 0 Å². The van der Waals surface area contributed by atoms with Crippen LogP contribution in [0.5, 0.6) is 0 Å². The Morgan fingerprint density at radius 2 is 0.947 bits per heavy atom. The van der Waals surface area contributed by atoms with Gasteiger partial charge in [-0.05, 0) is 26.2 Å². The number of rotatable bonds is 37. The molecule has 1 saturated heterocycles. The average Bonchev–Trinajstić information content (AvgIpc) is 3.18. The van der Waals surface area contributed by atoms with E-state index in [4.69, 9.17) is 14.6 Å². The number of ether oxygens (including phenoxy) is 2. The zero-order valence-corrected chi connectivity index (χ0v) is 35.8. The lowest BCUT2D eigenvalue weighted by molar-refractivity contribution is -0.293. The first-order chi connectivity index (χ1) is 27.4. The SMILES string of the molecule is CCCCCCCCCCCCCCC(CCCCCCCCCCCCCC)C(=O)N[C@@H](CO[C@@H]1O[C@@H](C)[C@@H](O)[C@@H](O)[C@@H]1O)C(=O)N[C@@H](CCC(=O)O)C(=O)O. The van der Waals surface area contributed by atoms with Crippen LogP contribution in [-0.2, 0) is 28.7 Å². The van der Waals surface area contributed by atoms with Gasteiger partial charge >= 0.3 is 11.9 Å². The molecular weight excluding hydrogens is 732 g/mol. The minimum absolute atomic E-state index is 0.365. The smallest absolute Gasteiger partial charge is 0.326 e. The number of aliphatic hydroxyl groups excluding tert-OH is 3. The Kier molecular flexibility index (Phi) is 31.0. The molecule has 0 aromatic rings. The van der Waals surface area contributed by atoms with E-state index in [9.17, 15) is 39.6 Å². The van der Waals surface area contributed by atoms with Crippen LogP contribution in [-0.4, -0.2) is 98.7 Å². The third kappa shape index (κ3) is 25.0. The standard InChI is InChI=1S/C44H82N2O11/c1-4-6-8-10-12-14-16-18-20-22-24-26-28-34(29-27-25-23-21-19-17-15-13-11-9-7-5-2)41(52)46-36(42(53)45-35(43(54)55)30-31-37(47)48)32-56-44-40(51)39(50)38(49)33(3)57-44/h33-36,38-40,44,49-51H,4-32H2,1-3H3,(H,45,53)(H,46,52)(H,47,48)(H,54,55)/t33-,35-,36-,38+,39+,40-,44+/m0/s1. The molecule has 0 aromatic carbocycles. The highest BCUT2D eigenvalue weighted by atomic mass is 16.7. The summed E-state index contributed by atoms with van der Waals surface area (Å²) in [7, 11) is 0. The number of amides is 2. The molecule has 0 unspecified atom stereocenters. The van der Waals surface area contributed by atoms with Crippen LogP contribution >= 0.6 is 0 Å². The van der Waals surface area contributed by atoms with E-state index in [2.05, 4.69) is 24.5 Å². The van der Waals surface area contributed by atoms with Crippen LogP contribution in [0.2, 0.25) is 0 Å². The minimum Gasteiger partial charge on any atom is -0.481 e. The number of aliphatic hydroxyl groups is 3. The van der Waals surface area contributed by atoms with Gasteiger partial charge in [0.05, 0.1) is 12.7 Å². The summed E-state index contributed by atoms with van der Waals surface area (Å²) >= 11 is 0. The Bertz CT molecular complexity index is 1040. The highest BCUT2D eigenvalue weighted by molar-refractivity contribution is 5.91. The number of nitrogens with one attached hydrogen (secondary N) is 2. The number of aliphatic carboxylic acids is 2. The maximum atomic E-state index is 13.9. The van der Waals surface area contributed by atoms with Crippen LogP contribution in [0.4, 0.5) is 0 Å². The number of carbonyl (C=O) groups is 4. The molecule has 1 aliphatic heterocycles. The first-order valence-electron chi connectivity index (χ1n) is 22.8. The largest absolute Gasteiger partial charge is 0.481 e. The van der Waals surface area contributed by atoms with Crippen molar-refractivity contribution in [2.75, 3.05) is 6.61 Å². The van der Waals surface area contributed by atoms with Gasteiger partial charge in [0.25, 0.3) is 0 Å². The summed E-state index contributed by atoms with van der Waals surface area (Å²) in [4.78, 5) is 50.5. The molecule has 7 N–H and O–H groups in total. The van der Waals surface area contributed by atoms with Gasteiger partial charge in [0.15, 0.2) is 6.29 Å². The third-order valence-corrected chi connectivity index (χ3v) is 11.3. The molecule has 1 fully saturated rings. The average molecular weight is 815 g/mol. The zero-order valence-electron chi connectivity index (χ0n) is 35.8. The quantitative estimate of drug-likeness (QED) is 0.0304. The normalized spacial score (nSPS) is 20.6. The maximum Gasteiger partial charge on any atom is 0.326 e. The summed E-state index contributed by atoms with van der Waals surface area (Å²) in [6, 6.07) is -2.94. The van der Waals surface area contributed by atoms with Crippen LogP contribution in [0.1, 0.15) is 201 Å². The molecule has 2 amide bonds. The number of carbonyl (C=O) groups excluding carboxylic acids is 2. The van der Waals surface area contributed by atoms with Crippen LogP contribution < -0.4 is 10.6 Å². The molecule has 1 aliphatic rings. The van der Waals surface area contributed by atoms with Gasteiger partial charge in [0.2, 0.25) is 11.8 Å². The Morgan fingerprint density at radius 3 is 1.35 bits per heavy atom. The molecule has 0 aromatic heterocycles. The monoisotopic (exact) mass is 815 g/mol. The fourth-order valence-electron chi connectivity index (χ4n) is 7.48. The van der Waals surface area contributed by atoms with Crippen molar-refractivity contribution >= 4 is 23.8 Å². The number of unbranched alkanes of at least 4 members (excludes halogenated alkanes) is 22. The fraction of sp³-hybridized carbons (Fsp3) is 0.909. The van der Waals surface area contributed by atoms with Gasteiger partial charge in [0, 0.05) is 12.3 Å². The Labute approximate surface area is 343 Å². The van der Waals surface area contributed by atoms with Crippen molar-refractivity contribution in [3.05, 3.63) is 0 Å². The lowest BCUT2D eigenvalue weighted by Crippen LogP contribution is -2.59. The fourth-order valence-corrected chi connectivity index (χ4v) is 7.48. The molecule has 0 radical (unpaired) electrons. The van der Waals surface area contributed by atoms with Crippen molar-refractivity contribution in [1.82, 2.24) is 10.6 Å². The zero-order chi connectivity index (χ0) is 42.3. The molecule has 334 valence electrons. The number of carboxylic acid groups (broad SMARTS) is 2. The number of hydrogen-bond acceptors (Lipinski definition) is 9. The van der Waals surface area contributed by atoms with Crippen molar-refractivity contribution in [2.24, 2.45) is 5.92 Å². The molecular formula is C44H82N2O11. The second-order valence-electron chi connectivity index (χ2n) is 16.5. The van der Waals surface area contributed by atoms with E-state index in [-0.39, 0.29) is 18.2 Å². The maximum absolute atomic E-state index is 13.9. The molecule has 1 heterocycles. The summed E-state index contributed by atoms with van der Waals surface area (Å²) in [5.41, 5.74) is 0. The van der Waals surface area contributed by atoms with Crippen molar-refractivity contribution in [3.63, 3.8) is 0 Å². The van der Waals surface area contributed by atoms with Gasteiger partial charge in [0.1, 0.15) is 30.4 Å².